The van der Waals surface area contributed by atoms with E-state index in [-0.39, 0.29) is 10.8 Å². The fourth-order valence-electron chi connectivity index (χ4n) is 3.18. The Labute approximate surface area is 174 Å². The summed E-state index contributed by atoms with van der Waals surface area (Å²) in [6, 6.07) is 4.79. The van der Waals surface area contributed by atoms with Gasteiger partial charge in [0.2, 0.25) is 0 Å². The number of benzene rings is 1. The minimum absolute atomic E-state index is 0.0694. The van der Waals surface area contributed by atoms with Crippen LogP contribution in [0.2, 0.25) is 5.02 Å². The van der Waals surface area contributed by atoms with Crippen molar-refractivity contribution in [1.82, 2.24) is 4.98 Å². The lowest BCUT2D eigenvalue weighted by Crippen LogP contribution is -2.32. The number of thiazole rings is 1. The van der Waals surface area contributed by atoms with Crippen molar-refractivity contribution < 1.29 is 13.5 Å². The Hall–Kier alpha value is -1.67. The van der Waals surface area contributed by atoms with E-state index in [2.05, 4.69) is 9.71 Å². The monoisotopic (exact) mass is 438 g/mol. The largest absolute Gasteiger partial charge is 0.385 e. The van der Waals surface area contributed by atoms with E-state index in [1.165, 1.54) is 17.4 Å². The fraction of sp³-hybridized carbons (Fsp3) is 0.350. The molecule has 0 amide bonds. The summed E-state index contributed by atoms with van der Waals surface area (Å²) in [4.78, 5) is 4.54. The zero-order valence-corrected chi connectivity index (χ0v) is 18.1. The Morgan fingerprint density at radius 3 is 2.89 bits per heavy atom. The van der Waals surface area contributed by atoms with Crippen LogP contribution in [0.3, 0.4) is 0 Å². The summed E-state index contributed by atoms with van der Waals surface area (Å²) in [5.74, 6) is 0.0694. The molecule has 5 nitrogen and oxygen atoms in total. The topological polar surface area (TPSA) is 79.3 Å². The van der Waals surface area contributed by atoms with Gasteiger partial charge in [-0.25, -0.2) is 13.4 Å². The van der Waals surface area contributed by atoms with Crippen LogP contribution in [0.25, 0.3) is 0 Å². The molecule has 0 bridgehead atoms. The minimum Gasteiger partial charge on any atom is -0.385 e. The Balaban J connectivity index is 1.60. The first-order valence-electron chi connectivity index (χ1n) is 9.00. The number of aliphatic hydroxyl groups is 1. The Morgan fingerprint density at radius 2 is 2.14 bits per heavy atom. The molecule has 0 fully saturated rings. The maximum Gasteiger partial charge on any atom is 0.263 e. The van der Waals surface area contributed by atoms with Crippen molar-refractivity contribution in [2.75, 3.05) is 4.72 Å². The quantitative estimate of drug-likeness (QED) is 0.655. The van der Waals surface area contributed by atoms with Crippen molar-refractivity contribution in [1.29, 1.82) is 0 Å². The van der Waals surface area contributed by atoms with Gasteiger partial charge in [0.15, 0.2) is 5.13 Å². The molecule has 2 atom stereocenters. The highest BCUT2D eigenvalue weighted by atomic mass is 35.5. The molecule has 1 aliphatic carbocycles. The molecular weight excluding hydrogens is 416 g/mol. The zero-order chi connectivity index (χ0) is 20.4. The van der Waals surface area contributed by atoms with Crippen LogP contribution < -0.4 is 4.72 Å². The summed E-state index contributed by atoms with van der Waals surface area (Å²) in [5, 5.41) is 13.0. The number of hydrogen-bond acceptors (Lipinski definition) is 5. The van der Waals surface area contributed by atoms with Gasteiger partial charge < -0.3 is 5.11 Å². The molecule has 0 radical (unpaired) electrons. The van der Waals surface area contributed by atoms with Gasteiger partial charge in [0.1, 0.15) is 0 Å². The number of aromatic nitrogens is 1. The minimum atomic E-state index is -3.74. The van der Waals surface area contributed by atoms with Gasteiger partial charge in [-0.1, -0.05) is 42.0 Å². The summed E-state index contributed by atoms with van der Waals surface area (Å²) in [6.07, 6.45) is 10.0. The molecule has 0 saturated carbocycles. The lowest BCUT2D eigenvalue weighted by Gasteiger charge is -2.29. The van der Waals surface area contributed by atoms with Gasteiger partial charge in [-0.2, -0.15) is 0 Å². The maximum absolute atomic E-state index is 12.6. The lowest BCUT2D eigenvalue weighted by atomic mass is 9.82. The highest BCUT2D eigenvalue weighted by Gasteiger charge is 2.28. The van der Waals surface area contributed by atoms with Gasteiger partial charge in [0, 0.05) is 16.3 Å². The molecule has 0 spiro atoms. The van der Waals surface area contributed by atoms with E-state index in [0.29, 0.717) is 15.7 Å². The standard InChI is InChI=1S/C20H23ClN2O3S2/c1-14-17(21)10-6-11-18(14)28(25,26)23-19-22-16(13-27-19)9-5-8-15-7-3-4-12-20(15,2)24/h3-4,6-7,10-13,15,24H,5,8-9H2,1-2H3,(H,22,23). The molecule has 2 N–H and O–H groups in total. The van der Waals surface area contributed by atoms with Crippen molar-refractivity contribution in [2.45, 2.75) is 43.6 Å². The summed E-state index contributed by atoms with van der Waals surface area (Å²) in [6.45, 7) is 3.49. The molecular formula is C20H23ClN2O3S2. The summed E-state index contributed by atoms with van der Waals surface area (Å²) in [7, 11) is -3.74. The first-order valence-corrected chi connectivity index (χ1v) is 11.7. The Kier molecular flexibility index (Phi) is 6.29. The molecule has 3 rings (SSSR count). The molecule has 8 heteroatoms. The number of anilines is 1. The second-order valence-electron chi connectivity index (χ2n) is 7.08. The van der Waals surface area contributed by atoms with Crippen LogP contribution in [-0.2, 0) is 16.4 Å². The predicted molar refractivity (Wildman–Crippen MR) is 114 cm³/mol. The van der Waals surface area contributed by atoms with Crippen molar-refractivity contribution in [2.24, 2.45) is 5.92 Å². The van der Waals surface area contributed by atoms with E-state index in [1.54, 1.807) is 19.1 Å². The number of halogens is 1. The predicted octanol–water partition coefficient (Wildman–Crippen LogP) is 4.72. The van der Waals surface area contributed by atoms with Crippen molar-refractivity contribution in [3.05, 3.63) is 64.2 Å². The number of hydrogen-bond donors (Lipinski definition) is 2. The van der Waals surface area contributed by atoms with Gasteiger partial charge in [0.25, 0.3) is 10.0 Å². The van der Waals surface area contributed by atoms with Gasteiger partial charge in [-0.3, -0.25) is 4.72 Å². The molecule has 0 saturated heterocycles. The molecule has 28 heavy (non-hydrogen) atoms. The van der Waals surface area contributed by atoms with E-state index >= 15 is 0 Å². The Morgan fingerprint density at radius 1 is 1.36 bits per heavy atom. The van der Waals surface area contributed by atoms with Crippen LogP contribution in [0.15, 0.2) is 52.8 Å². The van der Waals surface area contributed by atoms with Gasteiger partial charge in [-0.05, 0) is 50.8 Å². The highest BCUT2D eigenvalue weighted by molar-refractivity contribution is 7.93. The average Bonchev–Trinajstić information content (AvgIpc) is 3.05. The van der Waals surface area contributed by atoms with E-state index in [9.17, 15) is 13.5 Å². The molecule has 2 aromatic rings. The molecule has 1 aliphatic rings. The SMILES string of the molecule is Cc1c(Cl)cccc1S(=O)(=O)Nc1nc(CCCC2C=CC=CC2(C)O)cs1. The number of nitrogens with zero attached hydrogens (tertiary/aromatic N) is 1. The number of rotatable bonds is 7. The van der Waals surface area contributed by atoms with Gasteiger partial charge in [0.05, 0.1) is 16.2 Å². The van der Waals surface area contributed by atoms with Crippen LogP contribution in [0.5, 0.6) is 0 Å². The van der Waals surface area contributed by atoms with Crippen LogP contribution in [0.1, 0.15) is 31.0 Å². The zero-order valence-electron chi connectivity index (χ0n) is 15.7. The normalized spacial score (nSPS) is 21.8. The number of allylic oxidation sites excluding steroid dienone is 2. The van der Waals surface area contributed by atoms with Crippen LogP contribution in [0.4, 0.5) is 5.13 Å². The van der Waals surface area contributed by atoms with Gasteiger partial charge in [-0.15, -0.1) is 11.3 Å². The lowest BCUT2D eigenvalue weighted by molar-refractivity contribution is 0.0609. The molecule has 150 valence electrons. The molecule has 1 aromatic heterocycles. The summed E-state index contributed by atoms with van der Waals surface area (Å²) < 4.78 is 27.8. The Bertz CT molecular complexity index is 1010. The first-order chi connectivity index (χ1) is 13.2. The molecule has 1 aromatic carbocycles. The van der Waals surface area contributed by atoms with Gasteiger partial charge >= 0.3 is 0 Å². The van der Waals surface area contributed by atoms with E-state index < -0.39 is 15.6 Å². The van der Waals surface area contributed by atoms with Crippen LogP contribution in [0, 0.1) is 12.8 Å². The summed E-state index contributed by atoms with van der Waals surface area (Å²) in [5.41, 5.74) is 0.516. The van der Waals surface area contributed by atoms with Crippen molar-refractivity contribution in [3.8, 4) is 0 Å². The van der Waals surface area contributed by atoms with Crippen LogP contribution in [-0.4, -0.2) is 24.1 Å². The third kappa shape index (κ3) is 4.84. The van der Waals surface area contributed by atoms with Crippen LogP contribution >= 0.6 is 22.9 Å². The highest BCUT2D eigenvalue weighted by Crippen LogP contribution is 2.29. The summed E-state index contributed by atoms with van der Waals surface area (Å²) >= 11 is 7.29. The number of aryl methyl sites for hydroxylation is 1. The van der Waals surface area contributed by atoms with E-state index in [1.807, 2.05) is 36.6 Å². The maximum atomic E-state index is 12.6. The van der Waals surface area contributed by atoms with E-state index in [0.717, 1.165) is 25.0 Å². The fourth-order valence-corrected chi connectivity index (χ4v) is 5.67. The molecule has 2 unspecified atom stereocenters. The second-order valence-corrected chi connectivity index (χ2v) is 10.00. The number of nitrogens with one attached hydrogen (secondary N) is 1. The first kappa shape index (κ1) is 21.0. The smallest absolute Gasteiger partial charge is 0.263 e. The van der Waals surface area contributed by atoms with Crippen molar-refractivity contribution in [3.63, 3.8) is 0 Å². The van der Waals surface area contributed by atoms with Crippen molar-refractivity contribution >= 4 is 38.1 Å². The van der Waals surface area contributed by atoms with E-state index in [4.69, 9.17) is 11.6 Å². The third-order valence-corrected chi connectivity index (χ3v) is 7.70. The average molecular weight is 439 g/mol. The third-order valence-electron chi connectivity index (χ3n) is 4.87. The molecule has 0 aliphatic heterocycles. The molecule has 1 heterocycles. The second kappa shape index (κ2) is 8.37. The number of sulfonamides is 1.